The molecule has 10 atom stereocenters. The van der Waals surface area contributed by atoms with Crippen LogP contribution in [0.25, 0.3) is 0 Å². The van der Waals surface area contributed by atoms with Gasteiger partial charge in [0.2, 0.25) is 12.4 Å². The Kier molecular flexibility index (Phi) is 16.0. The summed E-state index contributed by atoms with van der Waals surface area (Å²) in [7, 11) is 0. The fourth-order valence-electron chi connectivity index (χ4n) is 5.58. The van der Waals surface area contributed by atoms with E-state index in [1.165, 1.54) is 12.1 Å². The van der Waals surface area contributed by atoms with E-state index in [9.17, 15) is 38.8 Å². The summed E-state index contributed by atoms with van der Waals surface area (Å²) in [6.45, 7) is 9.01. The van der Waals surface area contributed by atoms with Crippen molar-refractivity contribution in [1.29, 1.82) is 0 Å². The van der Waals surface area contributed by atoms with Crippen LogP contribution in [0, 0.1) is 0 Å². The van der Waals surface area contributed by atoms with Gasteiger partial charge in [0.1, 0.15) is 28.9 Å². The summed E-state index contributed by atoms with van der Waals surface area (Å²) >= 11 is 0.800. The van der Waals surface area contributed by atoms with E-state index in [-0.39, 0.29) is 17.2 Å². The molecule has 0 spiro atoms. The molecule has 298 valence electrons. The Bertz CT molecular complexity index is 1570. The predicted octanol–water partition coefficient (Wildman–Crippen LogP) is 1.75. The fourth-order valence-corrected chi connectivity index (χ4v) is 6.69. The van der Waals surface area contributed by atoms with Crippen LogP contribution in [0.2, 0.25) is 0 Å². The minimum atomic E-state index is -1.41. The third-order valence-electron chi connectivity index (χ3n) is 7.48. The van der Waals surface area contributed by atoms with Crippen molar-refractivity contribution in [3.63, 3.8) is 0 Å². The van der Waals surface area contributed by atoms with Gasteiger partial charge in [0.15, 0.2) is 30.5 Å². The second-order valence-electron chi connectivity index (χ2n) is 12.0. The molecule has 0 aliphatic carbocycles. The lowest BCUT2D eigenvalue weighted by atomic mass is 9.99. The number of thioether (sulfide) groups is 1. The normalized spacial score (nSPS) is 28.0. The van der Waals surface area contributed by atoms with Gasteiger partial charge < -0.3 is 52.6 Å². The Morgan fingerprint density at radius 3 is 1.59 bits per heavy atom. The number of hydrogen-bond donors (Lipinski definition) is 1. The topological polar surface area (TPSA) is 244 Å². The molecule has 0 unspecified atom stereocenters. The molecule has 2 aliphatic heterocycles. The minimum absolute atomic E-state index is 0.0278. The summed E-state index contributed by atoms with van der Waals surface area (Å²) in [6.07, 6.45) is -11.3. The van der Waals surface area contributed by atoms with Gasteiger partial charge in [-0.3, -0.25) is 33.6 Å². The number of carbonyl (C=O) groups is 7. The number of oxime groups is 1. The molecule has 1 aromatic carbocycles. The average molecular weight is 786 g/mol. The Balaban J connectivity index is 1.85. The van der Waals surface area contributed by atoms with Gasteiger partial charge in [-0.2, -0.15) is 0 Å². The second-order valence-corrected chi connectivity index (χ2v) is 13.2. The van der Waals surface area contributed by atoms with Crippen molar-refractivity contribution in [3.8, 4) is 5.75 Å². The Morgan fingerprint density at radius 1 is 0.630 bits per heavy atom. The quantitative estimate of drug-likeness (QED) is 0.0747. The Morgan fingerprint density at radius 2 is 1.09 bits per heavy atom. The maximum Gasteiger partial charge on any atom is 0.303 e. The van der Waals surface area contributed by atoms with Crippen molar-refractivity contribution < 1.29 is 86.1 Å². The number of ether oxygens (including phenoxy) is 10. The number of esters is 7. The van der Waals surface area contributed by atoms with Crippen molar-refractivity contribution in [2.75, 3.05) is 6.61 Å². The van der Waals surface area contributed by atoms with Gasteiger partial charge >= 0.3 is 41.8 Å². The van der Waals surface area contributed by atoms with Crippen LogP contribution in [-0.2, 0) is 82.6 Å². The first-order valence-electron chi connectivity index (χ1n) is 16.5. The highest BCUT2D eigenvalue weighted by atomic mass is 32.2. The van der Waals surface area contributed by atoms with Gasteiger partial charge in [-0.1, -0.05) is 29.1 Å². The van der Waals surface area contributed by atoms with E-state index < -0.39 is 109 Å². The summed E-state index contributed by atoms with van der Waals surface area (Å²) in [6, 6.07) is 6.27. The molecule has 3 rings (SSSR count). The van der Waals surface area contributed by atoms with E-state index in [1.807, 2.05) is 0 Å². The van der Waals surface area contributed by atoms with Crippen molar-refractivity contribution in [3.05, 3.63) is 29.8 Å². The molecule has 2 heterocycles. The third kappa shape index (κ3) is 12.9. The van der Waals surface area contributed by atoms with Gasteiger partial charge in [-0.05, 0) is 24.6 Å². The van der Waals surface area contributed by atoms with E-state index in [0.29, 0.717) is 5.56 Å². The van der Waals surface area contributed by atoms with Crippen LogP contribution in [0.3, 0.4) is 0 Å². The van der Waals surface area contributed by atoms with E-state index in [2.05, 4.69) is 5.16 Å². The number of hydrogen-bond acceptors (Lipinski definition) is 20. The van der Waals surface area contributed by atoms with Gasteiger partial charge in [0, 0.05) is 54.9 Å². The summed E-state index contributed by atoms with van der Waals surface area (Å²) in [5.74, 6) is -4.99. The molecule has 20 heteroatoms. The first-order valence-corrected chi connectivity index (χ1v) is 17.4. The first kappa shape index (κ1) is 43.5. The summed E-state index contributed by atoms with van der Waals surface area (Å²) in [4.78, 5) is 83.8. The van der Waals surface area contributed by atoms with E-state index >= 15 is 0 Å². The molecule has 0 radical (unpaired) electrons. The molecular weight excluding hydrogens is 742 g/mol. The highest BCUT2D eigenvalue weighted by Crippen LogP contribution is 2.36. The van der Waals surface area contributed by atoms with Crippen molar-refractivity contribution in [1.82, 2.24) is 0 Å². The molecule has 2 saturated heterocycles. The number of carbonyl (C=O) groups excluding carboxylic acids is 7. The predicted molar refractivity (Wildman–Crippen MR) is 181 cm³/mol. The SMILES string of the molecule is CC(=O)OC[C@H]1O[C@@H](S/C(Cc2ccc(O[C@H]3O[C@H](C)[C@@H](OC(C)=O)[C@H](OC(C)=O)[C@@H]3OC(C)=O)cc2)=N/O)[C@H](OC(C)=O)[C@@H](OC(C)=O)[C@@H]1OC(C)=O. The molecule has 0 saturated carbocycles. The van der Waals surface area contributed by atoms with Gasteiger partial charge in [-0.25, -0.2) is 0 Å². The van der Waals surface area contributed by atoms with Gasteiger partial charge in [0.25, 0.3) is 0 Å². The van der Waals surface area contributed by atoms with Crippen LogP contribution < -0.4 is 4.74 Å². The van der Waals surface area contributed by atoms with Crippen LogP contribution >= 0.6 is 11.8 Å². The largest absolute Gasteiger partial charge is 0.463 e. The third-order valence-corrected chi connectivity index (χ3v) is 8.59. The number of rotatable bonds is 13. The summed E-state index contributed by atoms with van der Waals surface area (Å²) < 4.78 is 55.5. The van der Waals surface area contributed by atoms with Crippen LogP contribution in [0.15, 0.2) is 29.4 Å². The molecule has 2 fully saturated rings. The summed E-state index contributed by atoms with van der Waals surface area (Å²) in [5.41, 5.74) is -0.667. The maximum absolute atomic E-state index is 12.2. The molecular formula is C34H43NO18S. The van der Waals surface area contributed by atoms with E-state index in [0.717, 1.165) is 60.2 Å². The standard InChI is InChI=1S/C34H43NO18S/c1-15-27(46-17(3)37)29(48-19(5)39)31(50-21(7)41)33(45-15)52-24-11-9-23(10-12-24)13-26(35-43)54-34-32(51-22(8)42)30(49-20(6)40)28(47-18(4)38)25(53-34)14-44-16(2)36/h9-12,15,25,27-34,43H,13-14H2,1-8H3/b35-26+/t15-,25-,27-,28-,29+,30+,31+,32-,33-,34+/m1/s1. The van der Waals surface area contributed by atoms with Crippen molar-refractivity contribution in [2.45, 2.75) is 122 Å². The smallest absolute Gasteiger partial charge is 0.303 e. The van der Waals surface area contributed by atoms with Crippen molar-refractivity contribution in [2.24, 2.45) is 5.16 Å². The molecule has 0 aromatic heterocycles. The zero-order valence-electron chi connectivity index (χ0n) is 30.7. The van der Waals surface area contributed by atoms with Crippen LogP contribution in [0.5, 0.6) is 5.75 Å². The molecule has 1 N–H and O–H groups in total. The molecule has 19 nitrogen and oxygen atoms in total. The number of benzene rings is 1. The monoisotopic (exact) mass is 785 g/mol. The lowest BCUT2D eigenvalue weighted by Gasteiger charge is -2.44. The average Bonchev–Trinajstić information content (AvgIpc) is 3.05. The zero-order valence-corrected chi connectivity index (χ0v) is 31.6. The highest BCUT2D eigenvalue weighted by Gasteiger charge is 2.53. The Hall–Kier alpha value is -4.95. The molecule has 0 amide bonds. The summed E-state index contributed by atoms with van der Waals surface area (Å²) in [5, 5.41) is 13.4. The van der Waals surface area contributed by atoms with Crippen LogP contribution in [0.4, 0.5) is 0 Å². The molecule has 0 bridgehead atoms. The van der Waals surface area contributed by atoms with Crippen LogP contribution in [0.1, 0.15) is 61.0 Å². The minimum Gasteiger partial charge on any atom is -0.463 e. The van der Waals surface area contributed by atoms with Gasteiger partial charge in [0.05, 0.1) is 6.10 Å². The second kappa shape index (κ2) is 19.9. The fraction of sp³-hybridized carbons (Fsp3) is 0.588. The first-order chi connectivity index (χ1) is 25.4. The number of nitrogens with zero attached hydrogens (tertiary/aromatic N) is 1. The van der Waals surface area contributed by atoms with Crippen LogP contribution in [-0.4, -0.2) is 119 Å². The highest BCUT2D eigenvalue weighted by molar-refractivity contribution is 8.14. The lowest BCUT2D eigenvalue weighted by Crippen LogP contribution is -2.62. The molecule has 54 heavy (non-hydrogen) atoms. The molecule has 1 aromatic rings. The van der Waals surface area contributed by atoms with E-state index in [1.54, 1.807) is 19.1 Å². The van der Waals surface area contributed by atoms with Gasteiger partial charge in [-0.15, -0.1) is 0 Å². The molecule has 2 aliphatic rings. The zero-order chi connectivity index (χ0) is 40.3. The van der Waals surface area contributed by atoms with Crippen molar-refractivity contribution >= 4 is 58.6 Å². The van der Waals surface area contributed by atoms with E-state index in [4.69, 9.17) is 47.4 Å². The Labute approximate surface area is 314 Å². The maximum atomic E-state index is 12.2. The lowest BCUT2D eigenvalue weighted by molar-refractivity contribution is -0.280.